The fraction of sp³-hybridized carbons (Fsp3) is 0.182. The van der Waals surface area contributed by atoms with Gasteiger partial charge < -0.3 is 22.9 Å². The molecule has 69 heavy (non-hydrogen) atoms. The predicted octanol–water partition coefficient (Wildman–Crippen LogP) is 5.92. The van der Waals surface area contributed by atoms with Crippen LogP contribution in [0.1, 0.15) is 45.4 Å². The molecule has 368 valence electrons. The van der Waals surface area contributed by atoms with Gasteiger partial charge in [-0.25, -0.2) is 50.5 Å². The molecule has 6 aromatic carbocycles. The van der Waals surface area contributed by atoms with Gasteiger partial charge in [0.1, 0.15) is 0 Å². The minimum absolute atomic E-state index is 0.0548. The van der Waals surface area contributed by atoms with E-state index in [0.717, 1.165) is 116 Å². The molecule has 0 aliphatic heterocycles. The normalized spacial score (nSPS) is 12.7. The van der Waals surface area contributed by atoms with Gasteiger partial charge >= 0.3 is 0 Å². The van der Waals surface area contributed by atoms with Crippen LogP contribution in [-0.2, 0) is 60.1 Å². The van der Waals surface area contributed by atoms with Crippen LogP contribution >= 0.6 is 0 Å². The third kappa shape index (κ3) is 11.0. The second-order valence-electron chi connectivity index (χ2n) is 15.5. The van der Waals surface area contributed by atoms with Gasteiger partial charge in [0, 0.05) is 29.3 Å². The fourth-order valence-electron chi connectivity index (χ4n) is 6.86. The molecule has 0 saturated carbocycles. The van der Waals surface area contributed by atoms with Crippen molar-refractivity contribution in [3.8, 4) is 0 Å². The van der Waals surface area contributed by atoms with E-state index in [1.54, 1.807) is 0 Å². The van der Waals surface area contributed by atoms with E-state index in [0.29, 0.717) is 12.8 Å². The first-order valence-electron chi connectivity index (χ1n) is 20.9. The lowest BCUT2D eigenvalue weighted by molar-refractivity contribution is 0.479. The maximum absolute atomic E-state index is 14.6. The maximum Gasteiger partial charge on any atom is 0.277 e. The highest BCUT2D eigenvalue weighted by molar-refractivity contribution is 8.11. The lowest BCUT2D eigenvalue weighted by atomic mass is 10.1. The number of sulfonamides is 6. The average molecular weight is 1060 g/mol. The van der Waals surface area contributed by atoms with E-state index < -0.39 is 107 Å². The molecule has 0 atom stereocenters. The van der Waals surface area contributed by atoms with Gasteiger partial charge in [-0.3, -0.25) is 0 Å². The van der Waals surface area contributed by atoms with Gasteiger partial charge in [0.05, 0.1) is 40.7 Å². The number of benzene rings is 6. The van der Waals surface area contributed by atoms with Gasteiger partial charge in [-0.05, 0) is 152 Å². The lowest BCUT2D eigenvalue weighted by Gasteiger charge is -2.26. The number of anilines is 6. The van der Waals surface area contributed by atoms with Crippen LogP contribution in [0.2, 0.25) is 0 Å². The van der Waals surface area contributed by atoms with Gasteiger partial charge in [0.25, 0.3) is 60.1 Å². The van der Waals surface area contributed by atoms with E-state index in [-0.39, 0.29) is 40.3 Å². The number of nitrogen functional groups attached to an aromatic ring is 4. The number of nitrogens with two attached hydrogens (primary N) is 4. The van der Waals surface area contributed by atoms with Gasteiger partial charge in [-0.1, -0.05) is 42.7 Å². The van der Waals surface area contributed by atoms with E-state index in [9.17, 15) is 50.5 Å². The molecule has 0 bridgehead atoms. The zero-order chi connectivity index (χ0) is 50.6. The first-order valence-corrected chi connectivity index (χ1v) is 29.5. The van der Waals surface area contributed by atoms with E-state index in [4.69, 9.17) is 22.9 Å². The van der Waals surface area contributed by atoms with Crippen molar-refractivity contribution >= 4 is 94.3 Å². The van der Waals surface area contributed by atoms with E-state index in [1.165, 1.54) is 48.5 Å². The van der Waals surface area contributed by atoms with Gasteiger partial charge in [0.15, 0.2) is 0 Å². The van der Waals surface area contributed by atoms with Gasteiger partial charge in [-0.15, -0.1) is 0 Å². The highest BCUT2D eigenvalue weighted by Gasteiger charge is 2.41. The molecular weight excluding hydrogens is 1010 g/mol. The standard InChI is InChI=1S/C44H49N7O12S6/c1-2-3-4-5-6-7-32-49(64(52,53)39-28-16-37(17-29-39)50(66(56,57)41-20-8-33(45)9-21-41)67(58,59)42-22-10-34(46)11-23-42)65(54,55)40-30-18-38(19-31-40)51(68(60,61)43-24-12-35(47)13-25-43)69(62,63)44-26-14-36(48)15-27-44/h8-31H,2-7,32,45-48H2,1H3. The Bertz CT molecular complexity index is 3100. The molecule has 0 heterocycles. The summed E-state index contributed by atoms with van der Waals surface area (Å²) in [5.74, 6) is 0. The minimum atomic E-state index is -5.11. The van der Waals surface area contributed by atoms with Gasteiger partial charge in [-0.2, -0.15) is 7.42 Å². The van der Waals surface area contributed by atoms with Crippen LogP contribution in [0.4, 0.5) is 34.1 Å². The van der Waals surface area contributed by atoms with Crippen molar-refractivity contribution < 1.29 is 50.5 Å². The SMILES string of the molecule is CCCCCCCCN(S(=O)(=O)c1ccc(N(S(=O)(=O)c2ccc(N)cc2)S(=O)(=O)c2ccc(N)cc2)cc1)S(=O)(=O)c1ccc(N(S(=O)(=O)c2ccc(N)cc2)S(=O)(=O)c2ccc(N)cc2)cc1. The molecule has 0 unspecified atom stereocenters. The average Bonchev–Trinajstić information content (AvgIpc) is 3.29. The Labute approximate surface area is 403 Å². The van der Waals surface area contributed by atoms with E-state index in [2.05, 4.69) is 0 Å². The Hall–Kier alpha value is -6.22. The molecule has 0 aromatic heterocycles. The quantitative estimate of drug-likeness (QED) is 0.0480. The topological polar surface area (TPSA) is 319 Å². The first kappa shape index (κ1) is 52.2. The first-order chi connectivity index (χ1) is 32.4. The lowest BCUT2D eigenvalue weighted by Crippen LogP contribution is -2.38. The summed E-state index contributed by atoms with van der Waals surface area (Å²) in [6.07, 6.45) is 3.70. The summed E-state index contributed by atoms with van der Waals surface area (Å²) in [4.78, 5) is -3.29. The Kier molecular flexibility index (Phi) is 15.4. The summed E-state index contributed by atoms with van der Waals surface area (Å²) in [5, 5.41) is 0. The molecule has 0 spiro atoms. The third-order valence-corrected chi connectivity index (χ3v) is 23.3. The number of hydrogen-bond acceptors (Lipinski definition) is 16. The van der Waals surface area contributed by atoms with E-state index in [1.807, 2.05) is 6.92 Å². The van der Waals surface area contributed by atoms with Crippen LogP contribution in [-0.4, -0.2) is 60.8 Å². The zero-order valence-corrected chi connectivity index (χ0v) is 41.7. The second kappa shape index (κ2) is 20.4. The Morgan fingerprint density at radius 3 is 0.783 bits per heavy atom. The van der Waals surface area contributed by atoms with Crippen LogP contribution in [0.15, 0.2) is 175 Å². The molecular formula is C44H49N7O12S6. The molecule has 0 radical (unpaired) electrons. The molecule has 6 rings (SSSR count). The number of unbranched alkanes of at least 4 members (excludes halogenated alkanes) is 5. The van der Waals surface area contributed by atoms with Gasteiger partial charge in [0.2, 0.25) is 0 Å². The van der Waals surface area contributed by atoms with Crippen molar-refractivity contribution in [2.75, 3.05) is 36.9 Å². The molecule has 8 N–H and O–H groups in total. The largest absolute Gasteiger partial charge is 0.399 e. The fourth-order valence-corrected chi connectivity index (χ4v) is 18.0. The smallest absolute Gasteiger partial charge is 0.277 e. The Balaban J connectivity index is 1.43. The summed E-state index contributed by atoms with van der Waals surface area (Å²) >= 11 is 0. The number of nitrogens with zero attached hydrogens (tertiary/aromatic N) is 3. The van der Waals surface area contributed by atoms with Crippen molar-refractivity contribution in [1.29, 1.82) is 0 Å². The van der Waals surface area contributed by atoms with Crippen LogP contribution in [0.5, 0.6) is 0 Å². The highest BCUT2D eigenvalue weighted by atomic mass is 32.3. The predicted molar refractivity (Wildman–Crippen MR) is 264 cm³/mol. The Morgan fingerprint density at radius 1 is 0.304 bits per heavy atom. The summed E-state index contributed by atoms with van der Waals surface area (Å²) in [5.41, 5.74) is 22.7. The van der Waals surface area contributed by atoms with Crippen molar-refractivity contribution in [2.24, 2.45) is 0 Å². The van der Waals surface area contributed by atoms with Crippen molar-refractivity contribution in [1.82, 2.24) is 3.71 Å². The molecule has 25 heteroatoms. The summed E-state index contributed by atoms with van der Waals surface area (Å²) < 4.78 is 172. The van der Waals surface area contributed by atoms with Crippen molar-refractivity contribution in [3.05, 3.63) is 146 Å². The van der Waals surface area contributed by atoms with Crippen LogP contribution in [0.3, 0.4) is 0 Å². The maximum atomic E-state index is 14.6. The number of rotatable bonds is 21. The second-order valence-corrected chi connectivity index (χ2v) is 27.0. The summed E-state index contributed by atoms with van der Waals surface area (Å²) in [6, 6.07) is 25.6. The molecule has 0 amide bonds. The number of hydrogen-bond donors (Lipinski definition) is 4. The van der Waals surface area contributed by atoms with Crippen LogP contribution in [0, 0.1) is 0 Å². The molecule has 19 nitrogen and oxygen atoms in total. The molecule has 0 fully saturated rings. The third-order valence-electron chi connectivity index (χ3n) is 10.5. The molecule has 0 aliphatic rings. The van der Waals surface area contributed by atoms with Crippen LogP contribution in [0.25, 0.3) is 0 Å². The van der Waals surface area contributed by atoms with E-state index >= 15 is 0 Å². The zero-order valence-electron chi connectivity index (χ0n) is 36.8. The summed E-state index contributed by atoms with van der Waals surface area (Å²) in [7, 11) is -30.1. The van der Waals surface area contributed by atoms with Crippen molar-refractivity contribution in [3.63, 3.8) is 0 Å². The highest BCUT2D eigenvalue weighted by Crippen LogP contribution is 2.36. The molecule has 0 aliphatic carbocycles. The summed E-state index contributed by atoms with van der Waals surface area (Å²) in [6.45, 7) is 1.41. The molecule has 6 aromatic rings. The minimum Gasteiger partial charge on any atom is -0.399 e. The molecule has 0 saturated heterocycles. The van der Waals surface area contributed by atoms with Crippen molar-refractivity contribution in [2.45, 2.75) is 74.8 Å². The monoisotopic (exact) mass is 1060 g/mol. The Morgan fingerprint density at radius 2 is 0.522 bits per heavy atom. The van der Waals surface area contributed by atoms with Crippen LogP contribution < -0.4 is 30.4 Å².